The Hall–Kier alpha value is -1.68. The van der Waals surface area contributed by atoms with E-state index in [2.05, 4.69) is 0 Å². The lowest BCUT2D eigenvalue weighted by atomic mass is 9.90. The van der Waals surface area contributed by atoms with Gasteiger partial charge in [0.25, 0.3) is 5.91 Å². The molecule has 1 aliphatic heterocycles. The molecular weight excluding hydrogens is 206 g/mol. The van der Waals surface area contributed by atoms with Crippen molar-refractivity contribution in [3.05, 3.63) is 35.9 Å². The second-order valence-corrected chi connectivity index (χ2v) is 3.74. The monoisotopic (exact) mass is 219 g/mol. The molecule has 1 heterocycles. The average molecular weight is 219 g/mol. The van der Waals surface area contributed by atoms with Crippen molar-refractivity contribution in [3.63, 3.8) is 0 Å². The van der Waals surface area contributed by atoms with E-state index in [1.54, 1.807) is 0 Å². The number of rotatable bonds is 2. The number of imide groups is 1. The number of β-lactam (4-membered cyclic amide) rings is 1. The summed E-state index contributed by atoms with van der Waals surface area (Å²) >= 11 is 0. The Morgan fingerprint density at radius 1 is 1.31 bits per heavy atom. The largest absolute Gasteiger partial charge is 0.369 e. The Morgan fingerprint density at radius 3 is 2.44 bits per heavy atom. The van der Waals surface area contributed by atoms with E-state index in [0.29, 0.717) is 0 Å². The van der Waals surface area contributed by atoms with E-state index in [1.807, 2.05) is 30.3 Å². The zero-order chi connectivity index (χ0) is 11.7. The molecule has 0 spiro atoms. The van der Waals surface area contributed by atoms with Gasteiger partial charge in [-0.2, -0.15) is 0 Å². The molecule has 1 aromatic rings. The molecule has 1 aromatic carbocycles. The topological polar surface area (TPSA) is 46.6 Å². The number of nitrogens with zero attached hydrogens (tertiary/aromatic N) is 1. The molecule has 0 radical (unpaired) electrons. The second kappa shape index (κ2) is 4.06. The molecule has 1 saturated heterocycles. The standard InChI is InChI=1S/C12H13NO3/c1-8(14)13-10(11(16-2)12(13)15)9-6-4-3-5-7-9/h3-7,10-11H,1-2H3. The highest BCUT2D eigenvalue weighted by Crippen LogP contribution is 2.36. The number of carbonyl (C=O) groups excluding carboxylic acids is 2. The van der Waals surface area contributed by atoms with Crippen LogP contribution in [0, 0.1) is 0 Å². The fraction of sp³-hybridized carbons (Fsp3) is 0.333. The first-order valence-electron chi connectivity index (χ1n) is 5.08. The van der Waals surface area contributed by atoms with Crippen molar-refractivity contribution in [3.8, 4) is 0 Å². The third-order valence-corrected chi connectivity index (χ3v) is 2.78. The predicted molar refractivity (Wildman–Crippen MR) is 57.5 cm³/mol. The average Bonchev–Trinajstić information content (AvgIpc) is 2.27. The molecule has 16 heavy (non-hydrogen) atoms. The van der Waals surface area contributed by atoms with Gasteiger partial charge in [0.1, 0.15) is 0 Å². The first-order valence-corrected chi connectivity index (χ1v) is 5.08. The summed E-state index contributed by atoms with van der Waals surface area (Å²) < 4.78 is 5.10. The molecule has 84 valence electrons. The summed E-state index contributed by atoms with van der Waals surface area (Å²) in [5, 5.41) is 0. The van der Waals surface area contributed by atoms with Gasteiger partial charge in [-0.3, -0.25) is 14.5 Å². The van der Waals surface area contributed by atoms with Crippen molar-refractivity contribution in [2.75, 3.05) is 7.11 Å². The summed E-state index contributed by atoms with van der Waals surface area (Å²) in [7, 11) is 1.48. The van der Waals surface area contributed by atoms with Gasteiger partial charge < -0.3 is 4.74 Å². The Bertz CT molecular complexity index is 416. The van der Waals surface area contributed by atoms with Crippen LogP contribution in [0.1, 0.15) is 18.5 Å². The highest BCUT2D eigenvalue weighted by atomic mass is 16.5. The molecular formula is C12H13NO3. The van der Waals surface area contributed by atoms with Gasteiger partial charge in [0.05, 0.1) is 6.04 Å². The molecule has 2 rings (SSSR count). The molecule has 4 nitrogen and oxygen atoms in total. The van der Waals surface area contributed by atoms with Crippen LogP contribution in [0.25, 0.3) is 0 Å². The maximum absolute atomic E-state index is 11.6. The van der Waals surface area contributed by atoms with Gasteiger partial charge in [0, 0.05) is 14.0 Å². The SMILES string of the molecule is COC1C(=O)N(C(C)=O)C1c1ccccc1. The van der Waals surface area contributed by atoms with Crippen LogP contribution >= 0.6 is 0 Å². The smallest absolute Gasteiger partial charge is 0.261 e. The van der Waals surface area contributed by atoms with Gasteiger partial charge in [-0.15, -0.1) is 0 Å². The molecule has 2 unspecified atom stereocenters. The van der Waals surface area contributed by atoms with Crippen molar-refractivity contribution in [2.45, 2.75) is 19.1 Å². The molecule has 0 saturated carbocycles. The van der Waals surface area contributed by atoms with Crippen molar-refractivity contribution in [2.24, 2.45) is 0 Å². The molecule has 4 heteroatoms. The van der Waals surface area contributed by atoms with E-state index < -0.39 is 6.10 Å². The normalized spacial score (nSPS) is 24.1. The van der Waals surface area contributed by atoms with Crippen LogP contribution in [0.3, 0.4) is 0 Å². The van der Waals surface area contributed by atoms with Crippen LogP contribution in [0.4, 0.5) is 0 Å². The minimum Gasteiger partial charge on any atom is -0.369 e. The number of ether oxygens (including phenoxy) is 1. The molecule has 2 atom stereocenters. The van der Waals surface area contributed by atoms with Crippen molar-refractivity contribution >= 4 is 11.8 Å². The first kappa shape index (κ1) is 10.8. The van der Waals surface area contributed by atoms with Gasteiger partial charge in [-0.1, -0.05) is 30.3 Å². The molecule has 0 aliphatic carbocycles. The van der Waals surface area contributed by atoms with Gasteiger partial charge in [-0.25, -0.2) is 0 Å². The number of likely N-dealkylation sites (tertiary alicyclic amines) is 1. The highest BCUT2D eigenvalue weighted by molar-refractivity contribution is 6.02. The number of carbonyl (C=O) groups is 2. The van der Waals surface area contributed by atoms with Gasteiger partial charge in [0.2, 0.25) is 5.91 Å². The summed E-state index contributed by atoms with van der Waals surface area (Å²) in [5.41, 5.74) is 0.921. The lowest BCUT2D eigenvalue weighted by molar-refractivity contribution is -0.177. The molecule has 2 amide bonds. The zero-order valence-corrected chi connectivity index (χ0v) is 9.21. The first-order chi connectivity index (χ1) is 7.66. The van der Waals surface area contributed by atoms with E-state index in [4.69, 9.17) is 4.74 Å². The van der Waals surface area contributed by atoms with E-state index in [9.17, 15) is 9.59 Å². The predicted octanol–water partition coefficient (Wildman–Crippen LogP) is 1.13. The van der Waals surface area contributed by atoms with Crippen molar-refractivity contribution in [1.29, 1.82) is 0 Å². The van der Waals surface area contributed by atoms with Crippen LogP contribution in [-0.4, -0.2) is 29.9 Å². The van der Waals surface area contributed by atoms with Gasteiger partial charge in [-0.05, 0) is 5.56 Å². The molecule has 0 bridgehead atoms. The molecule has 0 N–H and O–H groups in total. The molecule has 1 aliphatic rings. The Balaban J connectivity index is 2.31. The Labute approximate surface area is 93.8 Å². The summed E-state index contributed by atoms with van der Waals surface area (Å²) in [6, 6.07) is 9.14. The van der Waals surface area contributed by atoms with Crippen LogP contribution in [0.5, 0.6) is 0 Å². The summed E-state index contributed by atoms with van der Waals surface area (Å²) in [4.78, 5) is 24.2. The van der Waals surface area contributed by atoms with E-state index in [-0.39, 0.29) is 17.9 Å². The number of hydrogen-bond donors (Lipinski definition) is 0. The lowest BCUT2D eigenvalue weighted by Crippen LogP contribution is -2.61. The van der Waals surface area contributed by atoms with Crippen LogP contribution < -0.4 is 0 Å². The molecule has 0 aromatic heterocycles. The van der Waals surface area contributed by atoms with Crippen molar-refractivity contribution in [1.82, 2.24) is 4.90 Å². The van der Waals surface area contributed by atoms with Crippen LogP contribution in [-0.2, 0) is 14.3 Å². The maximum Gasteiger partial charge on any atom is 0.261 e. The number of benzene rings is 1. The molecule has 1 fully saturated rings. The maximum atomic E-state index is 11.6. The third kappa shape index (κ3) is 1.51. The Kier molecular flexibility index (Phi) is 2.75. The Morgan fingerprint density at radius 2 is 1.94 bits per heavy atom. The number of methoxy groups -OCH3 is 1. The zero-order valence-electron chi connectivity index (χ0n) is 9.21. The van der Waals surface area contributed by atoms with Crippen molar-refractivity contribution < 1.29 is 14.3 Å². The summed E-state index contributed by atoms with van der Waals surface area (Å²) in [6.07, 6.45) is -0.536. The number of hydrogen-bond acceptors (Lipinski definition) is 3. The van der Waals surface area contributed by atoms with Gasteiger partial charge in [0.15, 0.2) is 6.10 Å². The lowest BCUT2D eigenvalue weighted by Gasteiger charge is -2.44. The van der Waals surface area contributed by atoms with E-state index in [1.165, 1.54) is 18.9 Å². The fourth-order valence-electron chi connectivity index (χ4n) is 2.02. The van der Waals surface area contributed by atoms with E-state index >= 15 is 0 Å². The number of amides is 2. The fourth-order valence-corrected chi connectivity index (χ4v) is 2.02. The van der Waals surface area contributed by atoms with E-state index in [0.717, 1.165) is 5.56 Å². The minimum atomic E-state index is -0.536. The van der Waals surface area contributed by atoms with Gasteiger partial charge >= 0.3 is 0 Å². The summed E-state index contributed by atoms with van der Waals surface area (Å²) in [5.74, 6) is -0.504. The third-order valence-electron chi connectivity index (χ3n) is 2.78. The summed E-state index contributed by atoms with van der Waals surface area (Å²) in [6.45, 7) is 1.39. The minimum absolute atomic E-state index is 0.243. The van der Waals surface area contributed by atoms with Crippen LogP contribution in [0.15, 0.2) is 30.3 Å². The van der Waals surface area contributed by atoms with Crippen LogP contribution in [0.2, 0.25) is 0 Å². The highest BCUT2D eigenvalue weighted by Gasteiger charge is 2.50. The second-order valence-electron chi connectivity index (χ2n) is 3.74. The quantitative estimate of drug-likeness (QED) is 0.700.